The zero-order valence-electron chi connectivity index (χ0n) is 12.5. The average Bonchev–Trinajstić information content (AvgIpc) is 2.94. The summed E-state index contributed by atoms with van der Waals surface area (Å²) in [7, 11) is 1.98. The Morgan fingerprint density at radius 2 is 1.89 bits per heavy atom. The van der Waals surface area contributed by atoms with E-state index in [0.717, 1.165) is 24.4 Å². The van der Waals surface area contributed by atoms with Crippen molar-refractivity contribution in [3.8, 4) is 0 Å². The third-order valence-corrected chi connectivity index (χ3v) is 3.55. The van der Waals surface area contributed by atoms with Crippen LogP contribution in [0.15, 0.2) is 12.3 Å². The summed E-state index contributed by atoms with van der Waals surface area (Å²) in [4.78, 5) is 1.79. The van der Waals surface area contributed by atoms with Crippen LogP contribution in [-0.4, -0.2) is 24.8 Å². The molecule has 0 radical (unpaired) electrons. The van der Waals surface area contributed by atoms with Gasteiger partial charge in [-0.25, -0.2) is 0 Å². The maximum absolute atomic E-state index is 4.52. The summed E-state index contributed by atoms with van der Waals surface area (Å²) in [5.74, 6) is 0.859. The van der Waals surface area contributed by atoms with Crippen LogP contribution in [0.25, 0.3) is 0 Å². The molecule has 2 aromatic heterocycles. The third kappa shape index (κ3) is 3.22. The first-order chi connectivity index (χ1) is 8.97. The molecule has 0 saturated carbocycles. The molecule has 2 rings (SSSR count). The first kappa shape index (κ1) is 13.8. The molecular weight excluding hydrogens is 238 g/mol. The van der Waals surface area contributed by atoms with Crippen LogP contribution in [0.5, 0.6) is 0 Å². The second-order valence-corrected chi connectivity index (χ2v) is 5.54. The third-order valence-electron chi connectivity index (χ3n) is 3.55. The minimum Gasteiger partial charge on any atom is -0.273 e. The molecule has 1 unspecified atom stereocenters. The van der Waals surface area contributed by atoms with Crippen LogP contribution in [0.1, 0.15) is 56.1 Å². The molecular formula is C14H23N5. The summed E-state index contributed by atoms with van der Waals surface area (Å²) in [6, 6.07) is 2.15. The number of hydrogen-bond donors (Lipinski definition) is 0. The van der Waals surface area contributed by atoms with Gasteiger partial charge in [0.25, 0.3) is 0 Å². The van der Waals surface area contributed by atoms with Gasteiger partial charge in [0.1, 0.15) is 0 Å². The van der Waals surface area contributed by atoms with Crippen LogP contribution in [0.2, 0.25) is 0 Å². The summed E-state index contributed by atoms with van der Waals surface area (Å²) < 4.78 is 1.93. The van der Waals surface area contributed by atoms with Crippen molar-refractivity contribution >= 4 is 0 Å². The van der Waals surface area contributed by atoms with Crippen molar-refractivity contribution in [2.45, 2.75) is 52.5 Å². The maximum Gasteiger partial charge on any atom is 0.0852 e. The molecule has 2 heterocycles. The van der Waals surface area contributed by atoms with Gasteiger partial charge in [-0.05, 0) is 25.3 Å². The molecule has 2 aromatic rings. The minimum absolute atomic E-state index is 0.424. The van der Waals surface area contributed by atoms with Gasteiger partial charge in [0, 0.05) is 18.7 Å². The first-order valence-corrected chi connectivity index (χ1v) is 6.88. The first-order valence-electron chi connectivity index (χ1n) is 6.88. The summed E-state index contributed by atoms with van der Waals surface area (Å²) in [6.07, 6.45) is 2.86. The molecule has 0 bridgehead atoms. The van der Waals surface area contributed by atoms with Crippen LogP contribution in [-0.2, 0) is 13.6 Å². The molecule has 0 aliphatic heterocycles. The van der Waals surface area contributed by atoms with Gasteiger partial charge in [-0.15, -0.1) is 0 Å². The number of nitrogens with zero attached hydrogens (tertiary/aromatic N) is 5. The molecule has 5 heteroatoms. The highest BCUT2D eigenvalue weighted by atomic mass is 15.5. The lowest BCUT2D eigenvalue weighted by Gasteiger charge is -2.07. The van der Waals surface area contributed by atoms with Gasteiger partial charge in [-0.1, -0.05) is 20.8 Å². The molecule has 19 heavy (non-hydrogen) atoms. The molecule has 0 saturated heterocycles. The van der Waals surface area contributed by atoms with Gasteiger partial charge in [0.2, 0.25) is 0 Å². The van der Waals surface area contributed by atoms with Gasteiger partial charge in [0.05, 0.1) is 24.1 Å². The van der Waals surface area contributed by atoms with E-state index in [1.54, 1.807) is 4.80 Å². The summed E-state index contributed by atoms with van der Waals surface area (Å²) in [6.45, 7) is 9.38. The minimum atomic E-state index is 0.424. The van der Waals surface area contributed by atoms with Crippen molar-refractivity contribution in [3.63, 3.8) is 0 Å². The van der Waals surface area contributed by atoms with Crippen molar-refractivity contribution in [3.05, 3.63) is 29.3 Å². The largest absolute Gasteiger partial charge is 0.273 e. The zero-order valence-corrected chi connectivity index (χ0v) is 12.5. The Balaban J connectivity index is 1.94. The molecule has 0 aliphatic carbocycles. The zero-order chi connectivity index (χ0) is 14.0. The smallest absolute Gasteiger partial charge is 0.0852 e. The second-order valence-electron chi connectivity index (χ2n) is 5.54. The van der Waals surface area contributed by atoms with Crippen LogP contribution in [0, 0.1) is 6.92 Å². The van der Waals surface area contributed by atoms with E-state index in [-0.39, 0.29) is 0 Å². The van der Waals surface area contributed by atoms with Crippen LogP contribution in [0.3, 0.4) is 0 Å². The summed E-state index contributed by atoms with van der Waals surface area (Å²) >= 11 is 0. The van der Waals surface area contributed by atoms with Gasteiger partial charge in [0.15, 0.2) is 0 Å². The van der Waals surface area contributed by atoms with Crippen molar-refractivity contribution in [2.24, 2.45) is 7.05 Å². The molecule has 0 N–H and O–H groups in total. The van der Waals surface area contributed by atoms with Gasteiger partial charge in [-0.3, -0.25) is 4.68 Å². The molecule has 1 atom stereocenters. The Bertz CT molecular complexity index is 518. The van der Waals surface area contributed by atoms with Gasteiger partial charge in [-0.2, -0.15) is 20.1 Å². The van der Waals surface area contributed by atoms with E-state index in [1.165, 1.54) is 5.69 Å². The fourth-order valence-corrected chi connectivity index (χ4v) is 1.97. The van der Waals surface area contributed by atoms with Crippen molar-refractivity contribution < 1.29 is 0 Å². The summed E-state index contributed by atoms with van der Waals surface area (Å²) in [5.41, 5.74) is 3.40. The molecule has 0 aromatic carbocycles. The number of aryl methyl sites for hydroxylation is 3. The Labute approximate surface area is 114 Å². The van der Waals surface area contributed by atoms with Crippen molar-refractivity contribution in [2.75, 3.05) is 0 Å². The van der Waals surface area contributed by atoms with E-state index >= 15 is 0 Å². The van der Waals surface area contributed by atoms with E-state index in [4.69, 9.17) is 0 Å². The predicted molar refractivity (Wildman–Crippen MR) is 75.1 cm³/mol. The van der Waals surface area contributed by atoms with Crippen LogP contribution >= 0.6 is 0 Å². The average molecular weight is 261 g/mol. The standard InChI is InChI=1S/C14H23N5/c1-10(2)14-9-15-19(17-14)7-6-11(3)13-8-12(4)18(5)16-13/h8-11H,6-7H2,1-5H3. The lowest BCUT2D eigenvalue weighted by atomic mass is 10.0. The van der Waals surface area contributed by atoms with E-state index < -0.39 is 0 Å². The monoisotopic (exact) mass is 261 g/mol. The van der Waals surface area contributed by atoms with Crippen LogP contribution < -0.4 is 0 Å². The molecule has 104 valence electrons. The highest BCUT2D eigenvalue weighted by Gasteiger charge is 2.12. The lowest BCUT2D eigenvalue weighted by molar-refractivity contribution is 0.472. The van der Waals surface area contributed by atoms with Crippen LogP contribution in [0.4, 0.5) is 0 Å². The normalized spacial score (nSPS) is 13.2. The molecule has 0 spiro atoms. The lowest BCUT2D eigenvalue weighted by Crippen LogP contribution is -2.07. The second kappa shape index (κ2) is 5.55. The Morgan fingerprint density at radius 1 is 1.16 bits per heavy atom. The predicted octanol–water partition coefficient (Wildman–Crippen LogP) is 2.64. The Hall–Kier alpha value is -1.65. The van der Waals surface area contributed by atoms with E-state index in [9.17, 15) is 0 Å². The number of hydrogen-bond acceptors (Lipinski definition) is 3. The van der Waals surface area contributed by atoms with E-state index in [0.29, 0.717) is 11.8 Å². The number of aromatic nitrogens is 5. The quantitative estimate of drug-likeness (QED) is 0.831. The molecule has 0 amide bonds. The van der Waals surface area contributed by atoms with Gasteiger partial charge >= 0.3 is 0 Å². The van der Waals surface area contributed by atoms with E-state index in [1.807, 2.05) is 17.9 Å². The van der Waals surface area contributed by atoms with Crippen molar-refractivity contribution in [1.29, 1.82) is 0 Å². The fourth-order valence-electron chi connectivity index (χ4n) is 1.97. The maximum atomic E-state index is 4.52. The van der Waals surface area contributed by atoms with Gasteiger partial charge < -0.3 is 0 Å². The SMILES string of the molecule is Cc1cc(C(C)CCn2ncc(C(C)C)n2)nn1C. The number of rotatable bonds is 5. The fraction of sp³-hybridized carbons (Fsp3) is 0.643. The Kier molecular flexibility index (Phi) is 4.02. The molecule has 0 aliphatic rings. The van der Waals surface area contributed by atoms with Crippen molar-refractivity contribution in [1.82, 2.24) is 24.8 Å². The molecule has 0 fully saturated rings. The van der Waals surface area contributed by atoms with E-state index in [2.05, 4.69) is 49.1 Å². The Morgan fingerprint density at radius 3 is 2.42 bits per heavy atom. The summed E-state index contributed by atoms with van der Waals surface area (Å²) in [5, 5.41) is 13.3. The molecule has 5 nitrogen and oxygen atoms in total. The highest BCUT2D eigenvalue weighted by Crippen LogP contribution is 2.19. The topological polar surface area (TPSA) is 48.5 Å². The highest BCUT2D eigenvalue weighted by molar-refractivity contribution is 5.12.